The number of hydrogen-bond donors (Lipinski definition) is 2. The molecule has 1 rings (SSSR count). The van der Waals surface area contributed by atoms with Gasteiger partial charge in [-0.3, -0.25) is 4.79 Å². The van der Waals surface area contributed by atoms with Crippen molar-refractivity contribution in [3.8, 4) is 0 Å². The molecule has 4 heteroatoms. The average Bonchev–Trinajstić information content (AvgIpc) is 2.00. The van der Waals surface area contributed by atoms with E-state index in [4.69, 9.17) is 10.8 Å². The fourth-order valence-electron chi connectivity index (χ4n) is 1.30. The SMILES string of the molecule is CC(CC(=O)O)c1cc(N)cc(F)c1. The first-order valence-electron chi connectivity index (χ1n) is 4.27. The number of aliphatic carboxylic acids is 1. The van der Waals surface area contributed by atoms with E-state index in [-0.39, 0.29) is 12.3 Å². The lowest BCUT2D eigenvalue weighted by Crippen LogP contribution is -2.03. The fourth-order valence-corrected chi connectivity index (χ4v) is 1.30. The van der Waals surface area contributed by atoms with Gasteiger partial charge < -0.3 is 10.8 Å². The molecular weight excluding hydrogens is 185 g/mol. The molecule has 1 unspecified atom stereocenters. The van der Waals surface area contributed by atoms with Gasteiger partial charge in [0.05, 0.1) is 6.42 Å². The molecule has 0 bridgehead atoms. The quantitative estimate of drug-likeness (QED) is 0.728. The summed E-state index contributed by atoms with van der Waals surface area (Å²) < 4.78 is 12.9. The highest BCUT2D eigenvalue weighted by Crippen LogP contribution is 2.22. The Morgan fingerprint density at radius 3 is 2.71 bits per heavy atom. The topological polar surface area (TPSA) is 63.3 Å². The molecule has 0 saturated carbocycles. The Morgan fingerprint density at radius 1 is 1.57 bits per heavy atom. The van der Waals surface area contributed by atoms with Crippen molar-refractivity contribution in [3.63, 3.8) is 0 Å². The number of nitrogens with two attached hydrogens (primary N) is 1. The molecule has 1 atom stereocenters. The number of nitrogen functional groups attached to an aromatic ring is 1. The zero-order valence-corrected chi connectivity index (χ0v) is 7.83. The highest BCUT2D eigenvalue weighted by Gasteiger charge is 2.11. The highest BCUT2D eigenvalue weighted by atomic mass is 19.1. The van der Waals surface area contributed by atoms with Crippen molar-refractivity contribution in [3.05, 3.63) is 29.6 Å². The second-order valence-electron chi connectivity index (χ2n) is 3.32. The smallest absolute Gasteiger partial charge is 0.303 e. The fraction of sp³-hybridized carbons (Fsp3) is 0.300. The van der Waals surface area contributed by atoms with Crippen molar-refractivity contribution in [2.24, 2.45) is 0 Å². The van der Waals surface area contributed by atoms with Crippen molar-refractivity contribution in [2.75, 3.05) is 5.73 Å². The lowest BCUT2D eigenvalue weighted by molar-refractivity contribution is -0.137. The minimum Gasteiger partial charge on any atom is -0.481 e. The summed E-state index contributed by atoms with van der Waals surface area (Å²) in [5.41, 5.74) is 6.37. The minimum atomic E-state index is -0.902. The van der Waals surface area contributed by atoms with Gasteiger partial charge in [-0.25, -0.2) is 4.39 Å². The Hall–Kier alpha value is -1.58. The number of carboxylic acids is 1. The molecule has 0 aliphatic rings. The normalized spacial score (nSPS) is 12.4. The first-order chi connectivity index (χ1) is 6.49. The van der Waals surface area contributed by atoms with Crippen LogP contribution in [0.2, 0.25) is 0 Å². The van der Waals surface area contributed by atoms with Crippen molar-refractivity contribution in [1.29, 1.82) is 0 Å². The summed E-state index contributed by atoms with van der Waals surface area (Å²) >= 11 is 0. The van der Waals surface area contributed by atoms with Gasteiger partial charge in [-0.05, 0) is 29.7 Å². The Labute approximate surface area is 81.4 Å². The van der Waals surface area contributed by atoms with Gasteiger partial charge in [-0.1, -0.05) is 6.92 Å². The standard InChI is InChI=1S/C10H12FNO2/c1-6(2-10(13)14)7-3-8(11)5-9(12)4-7/h3-6H,2,12H2,1H3,(H,13,14). The van der Waals surface area contributed by atoms with Gasteiger partial charge in [-0.15, -0.1) is 0 Å². The number of benzene rings is 1. The van der Waals surface area contributed by atoms with Crippen molar-refractivity contribution < 1.29 is 14.3 Å². The molecule has 3 nitrogen and oxygen atoms in total. The third-order valence-corrected chi connectivity index (χ3v) is 1.99. The predicted octanol–water partition coefficient (Wildman–Crippen LogP) is 1.99. The van der Waals surface area contributed by atoms with Crippen molar-refractivity contribution >= 4 is 11.7 Å². The van der Waals surface area contributed by atoms with E-state index in [9.17, 15) is 9.18 Å². The second kappa shape index (κ2) is 4.09. The molecule has 1 aromatic carbocycles. The zero-order chi connectivity index (χ0) is 10.7. The van der Waals surface area contributed by atoms with E-state index < -0.39 is 11.8 Å². The summed E-state index contributed by atoms with van der Waals surface area (Å²) in [5, 5.41) is 8.56. The first kappa shape index (κ1) is 10.5. The van der Waals surface area contributed by atoms with Crippen LogP contribution in [0, 0.1) is 5.82 Å². The summed E-state index contributed by atoms with van der Waals surface area (Å²) in [4.78, 5) is 10.4. The maximum absolute atomic E-state index is 12.9. The summed E-state index contributed by atoms with van der Waals surface area (Å²) in [5.74, 6) is -1.57. The molecule has 0 amide bonds. The van der Waals surface area contributed by atoms with E-state index >= 15 is 0 Å². The van der Waals surface area contributed by atoms with Gasteiger partial charge in [0.15, 0.2) is 0 Å². The summed E-state index contributed by atoms with van der Waals surface area (Å²) in [6, 6.07) is 4.11. The Balaban J connectivity index is 2.89. The molecule has 0 spiro atoms. The number of rotatable bonds is 3. The summed E-state index contributed by atoms with van der Waals surface area (Å²) in [7, 11) is 0. The second-order valence-corrected chi connectivity index (χ2v) is 3.32. The molecule has 0 aliphatic heterocycles. The van der Waals surface area contributed by atoms with Crippen LogP contribution in [0.4, 0.5) is 10.1 Å². The lowest BCUT2D eigenvalue weighted by atomic mass is 9.97. The molecule has 0 fully saturated rings. The monoisotopic (exact) mass is 197 g/mol. The van der Waals surface area contributed by atoms with Crippen LogP contribution in [0.3, 0.4) is 0 Å². The number of hydrogen-bond acceptors (Lipinski definition) is 2. The Morgan fingerprint density at radius 2 is 2.21 bits per heavy atom. The predicted molar refractivity (Wildman–Crippen MR) is 51.5 cm³/mol. The third-order valence-electron chi connectivity index (χ3n) is 1.99. The van der Waals surface area contributed by atoms with Crippen LogP contribution in [0.15, 0.2) is 18.2 Å². The molecule has 0 heterocycles. The van der Waals surface area contributed by atoms with Gasteiger partial charge in [0.1, 0.15) is 5.82 Å². The molecular formula is C10H12FNO2. The van der Waals surface area contributed by atoms with E-state index in [1.807, 2.05) is 0 Å². The van der Waals surface area contributed by atoms with Gasteiger partial charge >= 0.3 is 5.97 Å². The summed E-state index contributed by atoms with van der Waals surface area (Å²) in [6.07, 6.45) is -0.0249. The maximum atomic E-state index is 12.9. The van der Waals surface area contributed by atoms with Gasteiger partial charge in [0, 0.05) is 5.69 Å². The molecule has 0 aliphatic carbocycles. The largest absolute Gasteiger partial charge is 0.481 e. The zero-order valence-electron chi connectivity index (χ0n) is 7.83. The van der Waals surface area contributed by atoms with Crippen LogP contribution >= 0.6 is 0 Å². The molecule has 0 aromatic heterocycles. The summed E-state index contributed by atoms with van der Waals surface area (Å²) in [6.45, 7) is 1.72. The molecule has 14 heavy (non-hydrogen) atoms. The van der Waals surface area contributed by atoms with Crippen molar-refractivity contribution in [1.82, 2.24) is 0 Å². The molecule has 1 aromatic rings. The minimum absolute atomic E-state index is 0.0249. The van der Waals surface area contributed by atoms with E-state index in [0.717, 1.165) is 0 Å². The molecule has 0 radical (unpaired) electrons. The van der Waals surface area contributed by atoms with Gasteiger partial charge in [-0.2, -0.15) is 0 Å². The average molecular weight is 197 g/mol. The molecule has 0 saturated heterocycles. The molecule has 3 N–H and O–H groups in total. The van der Waals surface area contributed by atoms with Gasteiger partial charge in [0.2, 0.25) is 0 Å². The Bertz CT molecular complexity index is 332. The van der Waals surface area contributed by atoms with E-state index in [1.54, 1.807) is 13.0 Å². The maximum Gasteiger partial charge on any atom is 0.303 e. The number of carbonyl (C=O) groups is 1. The highest BCUT2D eigenvalue weighted by molar-refractivity contribution is 5.68. The van der Waals surface area contributed by atoms with Crippen LogP contribution in [0.5, 0.6) is 0 Å². The van der Waals surface area contributed by atoms with Crippen LogP contribution < -0.4 is 5.73 Å². The number of anilines is 1. The Kier molecular flexibility index (Phi) is 3.06. The third kappa shape index (κ3) is 2.73. The van der Waals surface area contributed by atoms with E-state index in [2.05, 4.69) is 0 Å². The van der Waals surface area contributed by atoms with Gasteiger partial charge in [0.25, 0.3) is 0 Å². The lowest BCUT2D eigenvalue weighted by Gasteiger charge is -2.09. The first-order valence-corrected chi connectivity index (χ1v) is 4.27. The van der Waals surface area contributed by atoms with Crippen molar-refractivity contribution in [2.45, 2.75) is 19.3 Å². The number of carboxylic acid groups (broad SMARTS) is 1. The van der Waals surface area contributed by atoms with Crippen LogP contribution in [0.25, 0.3) is 0 Å². The number of halogens is 1. The van der Waals surface area contributed by atoms with E-state index in [0.29, 0.717) is 11.3 Å². The molecule has 76 valence electrons. The van der Waals surface area contributed by atoms with Crippen LogP contribution in [-0.2, 0) is 4.79 Å². The van der Waals surface area contributed by atoms with Crippen LogP contribution in [0.1, 0.15) is 24.8 Å². The van der Waals surface area contributed by atoms with Crippen LogP contribution in [-0.4, -0.2) is 11.1 Å². The van der Waals surface area contributed by atoms with E-state index in [1.165, 1.54) is 12.1 Å².